The number of anilines is 2. The Labute approximate surface area is 178 Å². The minimum atomic E-state index is -3.65. The van der Waals surface area contributed by atoms with Crippen LogP contribution in [0.2, 0.25) is 0 Å². The molecule has 0 spiro atoms. The van der Waals surface area contributed by atoms with E-state index >= 15 is 0 Å². The molecule has 0 aliphatic carbocycles. The molecule has 1 saturated heterocycles. The summed E-state index contributed by atoms with van der Waals surface area (Å²) in [6.07, 6.45) is 3.47. The van der Waals surface area contributed by atoms with Crippen LogP contribution >= 0.6 is 0 Å². The van der Waals surface area contributed by atoms with Crippen molar-refractivity contribution in [2.24, 2.45) is 5.92 Å². The average Bonchev–Trinajstić information content (AvgIpc) is 3.13. The highest BCUT2D eigenvalue weighted by atomic mass is 32.2. The van der Waals surface area contributed by atoms with Crippen molar-refractivity contribution in [2.75, 3.05) is 32.6 Å². The molecule has 3 aromatic heterocycles. The molecule has 12 heteroatoms. The molecule has 4 heterocycles. The third-order valence-electron chi connectivity index (χ3n) is 5.18. The number of nitriles is 1. The van der Waals surface area contributed by atoms with Crippen LogP contribution in [0.3, 0.4) is 0 Å². The summed E-state index contributed by atoms with van der Waals surface area (Å²) in [7, 11) is -0.796. The van der Waals surface area contributed by atoms with E-state index in [1.807, 2.05) is 0 Å². The van der Waals surface area contributed by atoms with Gasteiger partial charge in [-0.25, -0.2) is 17.7 Å². The van der Waals surface area contributed by atoms with Crippen LogP contribution in [0, 0.1) is 17.2 Å². The van der Waals surface area contributed by atoms with Gasteiger partial charge in [0.2, 0.25) is 0 Å². The standard InChI is InChI=1S/C19H21N7O4S/c1-25(2)31(28,29)16-4-3-13(10-22-16)23-18-17-14(5-7-21-19(17)27)26(24-18)15-11-30-8-6-12(15)9-20/h3-5,7,10,12,15H,6,8,11H2,1-2H3,(H,21,27)(H,23,24)/t12?,15-/m0/s1. The van der Waals surface area contributed by atoms with Gasteiger partial charge in [0.25, 0.3) is 15.6 Å². The zero-order valence-corrected chi connectivity index (χ0v) is 17.8. The van der Waals surface area contributed by atoms with Crippen LogP contribution in [-0.2, 0) is 14.8 Å². The van der Waals surface area contributed by atoms with Crippen LogP contribution in [0.15, 0.2) is 40.4 Å². The Bertz CT molecular complexity index is 1310. The van der Waals surface area contributed by atoms with E-state index in [1.54, 1.807) is 16.8 Å². The van der Waals surface area contributed by atoms with E-state index in [0.29, 0.717) is 36.2 Å². The van der Waals surface area contributed by atoms with Crippen molar-refractivity contribution in [1.82, 2.24) is 24.1 Å². The van der Waals surface area contributed by atoms with Gasteiger partial charge in [0.15, 0.2) is 10.8 Å². The van der Waals surface area contributed by atoms with Gasteiger partial charge in [0.1, 0.15) is 5.39 Å². The molecule has 1 aliphatic rings. The van der Waals surface area contributed by atoms with E-state index in [2.05, 4.69) is 26.5 Å². The van der Waals surface area contributed by atoms with Gasteiger partial charge in [-0.1, -0.05) is 0 Å². The molecule has 0 aromatic carbocycles. The summed E-state index contributed by atoms with van der Waals surface area (Å²) in [6.45, 7) is 0.827. The first kappa shape index (κ1) is 21.0. The van der Waals surface area contributed by atoms with Gasteiger partial charge >= 0.3 is 0 Å². The highest BCUT2D eigenvalue weighted by molar-refractivity contribution is 7.89. The largest absolute Gasteiger partial charge is 0.379 e. The summed E-state index contributed by atoms with van der Waals surface area (Å²) >= 11 is 0. The number of nitrogens with one attached hydrogen (secondary N) is 2. The van der Waals surface area contributed by atoms with E-state index in [9.17, 15) is 18.5 Å². The second-order valence-electron chi connectivity index (χ2n) is 7.32. The number of nitrogens with zero attached hydrogens (tertiary/aromatic N) is 5. The monoisotopic (exact) mass is 443 g/mol. The lowest BCUT2D eigenvalue weighted by molar-refractivity contribution is 0.0359. The molecule has 1 unspecified atom stereocenters. The zero-order chi connectivity index (χ0) is 22.2. The first-order valence-corrected chi connectivity index (χ1v) is 11.0. The van der Waals surface area contributed by atoms with E-state index in [1.165, 1.54) is 32.6 Å². The summed E-state index contributed by atoms with van der Waals surface area (Å²) in [6, 6.07) is 6.62. The SMILES string of the molecule is CN(C)S(=O)(=O)c1ccc(Nc2nn([C@H]3COCCC3C#N)c3cc[nH]c(=O)c23)cn1. The van der Waals surface area contributed by atoms with Gasteiger partial charge in [-0.3, -0.25) is 9.48 Å². The zero-order valence-electron chi connectivity index (χ0n) is 16.9. The molecule has 1 aliphatic heterocycles. The van der Waals surface area contributed by atoms with Gasteiger partial charge in [-0.2, -0.15) is 10.4 Å². The van der Waals surface area contributed by atoms with E-state index < -0.39 is 10.0 Å². The summed E-state index contributed by atoms with van der Waals surface area (Å²) in [4.78, 5) is 19.2. The second kappa shape index (κ2) is 8.10. The summed E-state index contributed by atoms with van der Waals surface area (Å²) in [5.74, 6) is -0.00897. The number of hydrogen-bond donors (Lipinski definition) is 2. The first-order chi connectivity index (χ1) is 14.8. The average molecular weight is 443 g/mol. The van der Waals surface area contributed by atoms with Crippen molar-refractivity contribution in [1.29, 1.82) is 5.26 Å². The van der Waals surface area contributed by atoms with Crippen molar-refractivity contribution < 1.29 is 13.2 Å². The van der Waals surface area contributed by atoms with E-state index in [0.717, 1.165) is 4.31 Å². The second-order valence-corrected chi connectivity index (χ2v) is 9.42. The van der Waals surface area contributed by atoms with Crippen molar-refractivity contribution >= 4 is 32.4 Å². The van der Waals surface area contributed by atoms with Gasteiger partial charge in [0, 0.05) is 26.9 Å². The molecular weight excluding hydrogens is 422 g/mol. The third kappa shape index (κ3) is 3.78. The normalized spacial score (nSPS) is 19.4. The Morgan fingerprint density at radius 3 is 2.84 bits per heavy atom. The molecule has 0 bridgehead atoms. The quantitative estimate of drug-likeness (QED) is 0.598. The van der Waals surface area contributed by atoms with Crippen LogP contribution in [0.4, 0.5) is 11.5 Å². The maximum atomic E-state index is 12.6. The van der Waals surface area contributed by atoms with Crippen LogP contribution < -0.4 is 10.9 Å². The lowest BCUT2D eigenvalue weighted by Gasteiger charge is -2.27. The van der Waals surface area contributed by atoms with Crippen LogP contribution in [0.1, 0.15) is 12.5 Å². The van der Waals surface area contributed by atoms with Gasteiger partial charge in [-0.15, -0.1) is 0 Å². The fourth-order valence-corrected chi connectivity index (χ4v) is 4.28. The number of aromatic nitrogens is 4. The molecule has 2 atom stereocenters. The van der Waals surface area contributed by atoms with Crippen molar-refractivity contribution in [3.63, 3.8) is 0 Å². The molecule has 2 N–H and O–H groups in total. The smallest absolute Gasteiger partial charge is 0.261 e. The minimum Gasteiger partial charge on any atom is -0.379 e. The lowest BCUT2D eigenvalue weighted by Crippen LogP contribution is -2.30. The maximum absolute atomic E-state index is 12.6. The number of aromatic amines is 1. The molecule has 11 nitrogen and oxygen atoms in total. The number of ether oxygens (including phenoxy) is 1. The fraction of sp³-hybridized carbons (Fsp3) is 0.368. The molecule has 0 amide bonds. The first-order valence-electron chi connectivity index (χ1n) is 9.56. The van der Waals surface area contributed by atoms with Gasteiger partial charge in [-0.05, 0) is 24.6 Å². The Balaban J connectivity index is 1.74. The topological polar surface area (TPSA) is 146 Å². The molecule has 31 heavy (non-hydrogen) atoms. The number of H-pyrrole nitrogens is 1. The lowest BCUT2D eigenvalue weighted by atomic mass is 9.96. The van der Waals surface area contributed by atoms with Gasteiger partial charge < -0.3 is 15.0 Å². The number of rotatable bonds is 5. The van der Waals surface area contributed by atoms with Crippen LogP contribution in [0.25, 0.3) is 10.9 Å². The summed E-state index contributed by atoms with van der Waals surface area (Å²) in [5, 5.41) is 17.4. The Morgan fingerprint density at radius 2 is 2.16 bits per heavy atom. The predicted molar refractivity (Wildman–Crippen MR) is 112 cm³/mol. The third-order valence-corrected chi connectivity index (χ3v) is 6.91. The number of pyridine rings is 2. The number of sulfonamides is 1. The Hall–Kier alpha value is -3.27. The maximum Gasteiger partial charge on any atom is 0.261 e. The van der Waals surface area contributed by atoms with Crippen molar-refractivity contribution in [2.45, 2.75) is 17.5 Å². The molecule has 4 rings (SSSR count). The molecule has 162 valence electrons. The Morgan fingerprint density at radius 1 is 1.35 bits per heavy atom. The molecule has 1 fully saturated rings. The van der Waals surface area contributed by atoms with Crippen LogP contribution in [0.5, 0.6) is 0 Å². The molecular formula is C19H21N7O4S. The van der Waals surface area contributed by atoms with Crippen LogP contribution in [-0.4, -0.2) is 59.8 Å². The highest BCUT2D eigenvalue weighted by Gasteiger charge is 2.30. The molecule has 3 aromatic rings. The predicted octanol–water partition coefficient (Wildman–Crippen LogP) is 1.21. The van der Waals surface area contributed by atoms with Crippen molar-refractivity contribution in [3.05, 3.63) is 40.9 Å². The van der Waals surface area contributed by atoms with E-state index in [4.69, 9.17) is 4.74 Å². The number of hydrogen-bond acceptors (Lipinski definition) is 8. The van der Waals surface area contributed by atoms with Gasteiger partial charge in [0.05, 0.1) is 42.0 Å². The fourth-order valence-electron chi connectivity index (χ4n) is 3.48. The summed E-state index contributed by atoms with van der Waals surface area (Å²) < 4.78 is 32.7. The molecule has 0 saturated carbocycles. The minimum absolute atomic E-state index is 0.0903. The number of fused-ring (bicyclic) bond motifs is 1. The van der Waals surface area contributed by atoms with Crippen molar-refractivity contribution in [3.8, 4) is 6.07 Å². The highest BCUT2D eigenvalue weighted by Crippen LogP contribution is 2.31. The van der Waals surface area contributed by atoms with E-state index in [-0.39, 0.29) is 28.4 Å². The Kier molecular flexibility index (Phi) is 5.48. The summed E-state index contributed by atoms with van der Waals surface area (Å²) in [5.41, 5.74) is 0.697. The molecule has 0 radical (unpaired) electrons.